The standard InChI is InChI=1S/C34H57FN6O8.C19H31FN6O6.C19H30FN5O7.CO2/c1-2-14-30(33(46)47)37-34(48)38-32(49-26-42)19-12-13-23-36-31(45)18-11-7-6-10-16-28(43)15-8-4-3-5-9-17-29(44)21-20-27-25-41(24-22-35)40-39-27;1-2-5-15(18(29)30)22-19(31)23-17(32-13-27)6-3-4-10-21-16(28)8-7-14-12-26(11-9-20)25-24-14;1-2-5-15(18(28)29)32-19(30)22-17(31-13-26)6-3-4-10-21-16(27)8-7-14-12-25(11-9-20)24-23-14;2-1-3/h25-26,30,32H,2-24H2,1H3,(H,36,45)(H,46,47)(H2,37,38,48);12-13,15,17H,2-11H2,1H3,(H,21,28)(H,29,30)(H2,22,23,31);12-13,15,17H,2-11H2,1H3,(H,21,27)(H,22,30)(H,28,29);/t30-,32+;2*15-,17+;/m000./s1/i35-1;20-1;;. The maximum atomic E-state index is 12.3. The highest BCUT2D eigenvalue weighted by atomic mass is 19.1. The van der Waals surface area contributed by atoms with E-state index in [1.165, 1.54) is 14.0 Å². The largest absolute Gasteiger partial charge is 0.480 e. The quantitative estimate of drug-likeness (QED) is 0.0142. The van der Waals surface area contributed by atoms with Gasteiger partial charge >= 0.3 is 42.2 Å². The van der Waals surface area contributed by atoms with Crippen LogP contribution in [-0.2, 0) is 120 Å². The molecule has 3 heterocycles. The van der Waals surface area contributed by atoms with E-state index in [0.29, 0.717) is 159 Å². The van der Waals surface area contributed by atoms with Crippen LogP contribution in [0.4, 0.5) is 27.6 Å². The number of urea groups is 2. The van der Waals surface area contributed by atoms with Crippen LogP contribution >= 0.6 is 0 Å². The summed E-state index contributed by atoms with van der Waals surface area (Å²) in [6.07, 6.45) is 18.9. The topological polar surface area (TPSA) is 559 Å². The molecule has 0 aliphatic rings. The predicted molar refractivity (Wildman–Crippen MR) is 403 cm³/mol. The normalized spacial score (nSPS) is 12.1. The summed E-state index contributed by atoms with van der Waals surface area (Å²) in [6, 6.07) is -3.53. The fraction of sp³-hybridized carbons (Fsp3) is 0.712. The number of carboxylic acids is 3. The second-order valence-corrected chi connectivity index (χ2v) is 26.3. The number of aryl methyl sites for hydroxylation is 6. The van der Waals surface area contributed by atoms with Crippen molar-refractivity contribution in [1.82, 2.24) is 87.5 Å². The molecule has 40 nitrogen and oxygen atoms in total. The lowest BCUT2D eigenvalue weighted by molar-refractivity contribution is -0.192. The molecule has 8 amide bonds. The molecule has 0 spiro atoms. The number of unbranched alkanes of at least 4 members (excludes halogenated alkanes) is 10. The zero-order chi connectivity index (χ0) is 86.4. The number of hydrogen-bond acceptors (Lipinski definition) is 26. The first-order valence-corrected chi connectivity index (χ1v) is 39.1. The van der Waals surface area contributed by atoms with Crippen LogP contribution in [0.15, 0.2) is 18.6 Å². The number of ketones is 2. The van der Waals surface area contributed by atoms with E-state index >= 15 is 0 Å². The SMILES string of the molecule is CCC[C@H](NC(=O)N[C@@H](CCCCNC(=O)CCCCCCC(=O)CCCCCCCC(=O)CCc1cn(CC[18F])nn1)OC=O)C(=O)O.CCC[C@H](NC(=O)N[C@@H](CCCCNC(=O)CCc1cn(CC[18F])nn1)OC=O)C(=O)O.CCC[C@H](OC(=O)N[C@@H](CCCCNC(=O)CCc1cn(CCF)nn1)OC=O)C(=O)O.O=C=O. The van der Waals surface area contributed by atoms with Gasteiger partial charge in [-0.2, -0.15) is 9.59 Å². The summed E-state index contributed by atoms with van der Waals surface area (Å²) >= 11 is 0. The molecular formula is C73H118F3N17O23. The third kappa shape index (κ3) is 57.1. The van der Waals surface area contributed by atoms with Gasteiger partial charge in [0.1, 0.15) is 43.7 Å². The molecule has 3 aromatic rings. The monoisotopic (exact) mass is 1660 g/mol. The molecule has 654 valence electrons. The van der Waals surface area contributed by atoms with Gasteiger partial charge in [-0.05, 0) is 89.9 Å². The number of alkyl carbamates (subject to hydrolysis) is 1. The number of amides is 8. The number of carbonyl (C=O) groups is 14. The van der Waals surface area contributed by atoms with Crippen molar-refractivity contribution in [2.75, 3.05) is 39.7 Å². The summed E-state index contributed by atoms with van der Waals surface area (Å²) in [6.45, 7) is 6.03. The van der Waals surface area contributed by atoms with Gasteiger partial charge in [-0.3, -0.25) is 43.7 Å². The first kappa shape index (κ1) is 105. The molecule has 0 aliphatic heterocycles. The molecule has 0 saturated carbocycles. The molecule has 116 heavy (non-hydrogen) atoms. The van der Waals surface area contributed by atoms with E-state index in [1.807, 2.05) is 0 Å². The number of nitrogens with one attached hydrogen (secondary N) is 8. The lowest BCUT2D eigenvalue weighted by Crippen LogP contribution is -2.49. The van der Waals surface area contributed by atoms with Crippen molar-refractivity contribution in [3.8, 4) is 0 Å². The minimum atomic E-state index is -1.28. The highest BCUT2D eigenvalue weighted by molar-refractivity contribution is 5.84. The molecule has 0 radical (unpaired) electrons. The number of carbonyl (C=O) groups excluding carboxylic acids is 13. The van der Waals surface area contributed by atoms with E-state index in [2.05, 4.69) is 73.5 Å². The molecule has 0 aliphatic carbocycles. The number of hydrogen-bond donors (Lipinski definition) is 11. The number of rotatable bonds is 66. The van der Waals surface area contributed by atoms with Crippen LogP contribution in [0.1, 0.15) is 237 Å². The highest BCUT2D eigenvalue weighted by Gasteiger charge is 2.26. The summed E-state index contributed by atoms with van der Waals surface area (Å²) in [4.78, 5) is 178. The van der Waals surface area contributed by atoms with Crippen LogP contribution in [0.25, 0.3) is 0 Å². The minimum Gasteiger partial charge on any atom is -0.480 e. The molecule has 11 N–H and O–H groups in total. The Labute approximate surface area is 671 Å². The van der Waals surface area contributed by atoms with Gasteiger partial charge in [0.05, 0.1) is 36.7 Å². The van der Waals surface area contributed by atoms with Crippen molar-refractivity contribution in [2.45, 2.75) is 296 Å². The Balaban J connectivity index is 0.00000174. The van der Waals surface area contributed by atoms with Gasteiger partial charge in [-0.1, -0.05) is 87.8 Å². The first-order chi connectivity index (χ1) is 55.9. The smallest absolute Gasteiger partial charge is 0.410 e. The fourth-order valence-electron chi connectivity index (χ4n) is 10.7. The van der Waals surface area contributed by atoms with Gasteiger partial charge in [0.2, 0.25) is 23.8 Å². The van der Waals surface area contributed by atoms with Crippen molar-refractivity contribution >= 4 is 90.9 Å². The molecule has 3 rings (SSSR count). The molecule has 3 aromatic heterocycles. The second kappa shape index (κ2) is 69.5. The molecule has 0 unspecified atom stereocenters. The maximum Gasteiger partial charge on any atom is 0.410 e. The molecule has 43 heteroatoms. The molecule has 0 fully saturated rings. The van der Waals surface area contributed by atoms with Gasteiger partial charge in [0, 0.05) is 115 Å². The van der Waals surface area contributed by atoms with Gasteiger partial charge in [0.25, 0.3) is 19.4 Å². The Bertz CT molecular complexity index is 3210. The van der Waals surface area contributed by atoms with E-state index in [0.717, 1.165) is 57.8 Å². The van der Waals surface area contributed by atoms with Gasteiger partial charge in [0.15, 0.2) is 18.7 Å². The van der Waals surface area contributed by atoms with Gasteiger partial charge in [-0.15, -0.1) is 15.3 Å². The fourth-order valence-corrected chi connectivity index (χ4v) is 10.7. The van der Waals surface area contributed by atoms with Crippen molar-refractivity contribution in [2.24, 2.45) is 0 Å². The number of ether oxygens (including phenoxy) is 4. The summed E-state index contributed by atoms with van der Waals surface area (Å²) in [5.41, 5.74) is 1.91. The lowest BCUT2D eigenvalue weighted by atomic mass is 10.0. The number of alkyl halides is 3. The Kier molecular flexibility index (Phi) is 62.9. The van der Waals surface area contributed by atoms with Gasteiger partial charge < -0.3 is 71.5 Å². The Morgan fingerprint density at radius 1 is 0.414 bits per heavy atom. The van der Waals surface area contributed by atoms with Crippen molar-refractivity contribution in [1.29, 1.82) is 0 Å². The number of aliphatic carboxylic acids is 3. The third-order valence-electron chi connectivity index (χ3n) is 16.7. The zero-order valence-electron chi connectivity index (χ0n) is 66.5. The Morgan fingerprint density at radius 3 is 1.06 bits per heavy atom. The first-order valence-electron chi connectivity index (χ1n) is 39.1. The number of carboxylic acid groups (broad SMARTS) is 3. The van der Waals surface area contributed by atoms with Crippen LogP contribution in [0.2, 0.25) is 0 Å². The molecule has 0 bridgehead atoms. The molecular weight excluding hydrogens is 1540 g/mol. The van der Waals surface area contributed by atoms with E-state index in [9.17, 15) is 80.3 Å². The van der Waals surface area contributed by atoms with Crippen molar-refractivity contribution in [3.05, 3.63) is 35.7 Å². The number of Topliss-reactive ketones (excluding diaryl/α,β-unsaturated/α-hetero) is 2. The number of aromatic nitrogens is 9. The van der Waals surface area contributed by atoms with E-state index in [1.54, 1.807) is 39.4 Å². The zero-order valence-corrected chi connectivity index (χ0v) is 66.5. The summed E-state index contributed by atoms with van der Waals surface area (Å²) in [5, 5.41) is 70.4. The second-order valence-electron chi connectivity index (χ2n) is 26.3. The van der Waals surface area contributed by atoms with E-state index in [-0.39, 0.29) is 113 Å². The summed E-state index contributed by atoms with van der Waals surface area (Å²) in [7, 11) is 0. The predicted octanol–water partition coefficient (Wildman–Crippen LogP) is 5.61. The molecule has 0 aromatic carbocycles. The molecule has 6 atom stereocenters. The molecule has 0 saturated heterocycles. The summed E-state index contributed by atoms with van der Waals surface area (Å²) in [5.74, 6) is -3.47. The van der Waals surface area contributed by atoms with Crippen LogP contribution < -0.4 is 42.5 Å². The van der Waals surface area contributed by atoms with E-state index < -0.39 is 93.0 Å². The summed E-state index contributed by atoms with van der Waals surface area (Å²) < 4.78 is 60.3. The van der Waals surface area contributed by atoms with Crippen LogP contribution in [-0.4, -0.2) is 228 Å². The number of nitrogens with zero attached hydrogens (tertiary/aromatic N) is 9. The van der Waals surface area contributed by atoms with Crippen molar-refractivity contribution < 1.29 is 124 Å². The van der Waals surface area contributed by atoms with Crippen molar-refractivity contribution in [3.63, 3.8) is 0 Å². The lowest BCUT2D eigenvalue weighted by Gasteiger charge is -2.19. The van der Waals surface area contributed by atoms with Crippen LogP contribution in [0, 0.1) is 0 Å². The minimum absolute atomic E-state index is 0.0501. The number of halogens is 3. The Morgan fingerprint density at radius 2 is 0.733 bits per heavy atom. The average Bonchev–Trinajstić information content (AvgIpc) is 1.78. The maximum absolute atomic E-state index is 12.3. The highest BCUT2D eigenvalue weighted by Crippen LogP contribution is 2.15. The third-order valence-corrected chi connectivity index (χ3v) is 16.7. The Hall–Kier alpha value is -11.0. The van der Waals surface area contributed by atoms with Crippen LogP contribution in [0.3, 0.4) is 0 Å². The van der Waals surface area contributed by atoms with Gasteiger partial charge in [-0.25, -0.2) is 56.0 Å². The average molecular weight is 1660 g/mol. The van der Waals surface area contributed by atoms with Crippen LogP contribution in [0.5, 0.6) is 0 Å². The van der Waals surface area contributed by atoms with E-state index in [4.69, 9.17) is 43.9 Å².